The van der Waals surface area contributed by atoms with Gasteiger partial charge in [0.05, 0.1) is 6.26 Å². The molecule has 8 nitrogen and oxygen atoms in total. The van der Waals surface area contributed by atoms with Crippen LogP contribution in [0.15, 0.2) is 43.3 Å². The lowest BCUT2D eigenvalue weighted by Gasteiger charge is -2.31. The van der Waals surface area contributed by atoms with Crippen LogP contribution in [0.3, 0.4) is 0 Å². The third-order valence-electron chi connectivity index (χ3n) is 7.72. The zero-order chi connectivity index (χ0) is 27.3. The van der Waals surface area contributed by atoms with Crippen LogP contribution >= 0.6 is 0 Å². The molecule has 8 heteroatoms. The molecule has 0 aliphatic heterocycles. The van der Waals surface area contributed by atoms with Gasteiger partial charge in [0.25, 0.3) is 0 Å². The van der Waals surface area contributed by atoms with E-state index in [1.54, 1.807) is 0 Å². The van der Waals surface area contributed by atoms with E-state index in [2.05, 4.69) is 0 Å². The number of rotatable bonds is 13. The first-order chi connectivity index (χ1) is 16.7. The molecule has 0 aromatic carbocycles. The first-order valence-corrected chi connectivity index (χ1v) is 12.3. The standard InChI is InChI=1S/C28H38O8/c1-17(21-14-35-15-24(33)26(21)34)27(3,4)11-9-19(29)7-8-20(30)10-12-28(5,6)18(2)25-13-22(31)23(32)16-36-25/h13-18,32-33H,7-12H2,1-6H3. The highest BCUT2D eigenvalue weighted by Crippen LogP contribution is 2.40. The maximum atomic E-state index is 12.5. The third kappa shape index (κ3) is 7.42. The van der Waals surface area contributed by atoms with Crippen LogP contribution in [0.25, 0.3) is 0 Å². The zero-order valence-corrected chi connectivity index (χ0v) is 22.1. The van der Waals surface area contributed by atoms with Gasteiger partial charge in [0.2, 0.25) is 10.9 Å². The quantitative estimate of drug-likeness (QED) is 0.369. The van der Waals surface area contributed by atoms with Crippen LogP contribution in [-0.2, 0) is 9.59 Å². The second-order valence-electron chi connectivity index (χ2n) is 11.1. The molecule has 0 spiro atoms. The molecular weight excluding hydrogens is 464 g/mol. The number of ketones is 2. The average molecular weight is 503 g/mol. The van der Waals surface area contributed by atoms with Gasteiger partial charge in [0, 0.05) is 43.2 Å². The maximum absolute atomic E-state index is 12.5. The first-order valence-electron chi connectivity index (χ1n) is 12.3. The van der Waals surface area contributed by atoms with Crippen LogP contribution in [0.5, 0.6) is 11.5 Å². The fourth-order valence-corrected chi connectivity index (χ4v) is 4.06. The number of carbonyl (C=O) groups is 2. The van der Waals surface area contributed by atoms with Crippen molar-refractivity contribution in [1.82, 2.24) is 0 Å². The summed E-state index contributed by atoms with van der Waals surface area (Å²) in [5, 5.41) is 19.0. The van der Waals surface area contributed by atoms with Gasteiger partial charge in [-0.05, 0) is 29.6 Å². The molecule has 36 heavy (non-hydrogen) atoms. The Labute approximate surface area is 211 Å². The molecule has 0 aliphatic carbocycles. The third-order valence-corrected chi connectivity index (χ3v) is 7.72. The summed E-state index contributed by atoms with van der Waals surface area (Å²) in [6, 6.07) is 1.28. The van der Waals surface area contributed by atoms with Crippen molar-refractivity contribution in [3.05, 3.63) is 56.6 Å². The van der Waals surface area contributed by atoms with E-state index < -0.39 is 27.8 Å². The van der Waals surface area contributed by atoms with Gasteiger partial charge in [-0.15, -0.1) is 0 Å². The van der Waals surface area contributed by atoms with E-state index in [0.717, 1.165) is 12.5 Å². The number of hydrogen-bond donors (Lipinski definition) is 2. The molecule has 2 atom stereocenters. The number of hydrogen-bond acceptors (Lipinski definition) is 8. The van der Waals surface area contributed by atoms with Gasteiger partial charge in [-0.1, -0.05) is 41.5 Å². The summed E-state index contributed by atoms with van der Waals surface area (Å²) in [4.78, 5) is 48.9. The second kappa shape index (κ2) is 11.7. The summed E-state index contributed by atoms with van der Waals surface area (Å²) < 4.78 is 10.4. The van der Waals surface area contributed by atoms with Gasteiger partial charge in [0.1, 0.15) is 29.9 Å². The SMILES string of the molecule is CC(c1cc(=O)c(O)co1)C(C)(C)CCC(=O)CCC(=O)CCC(C)(C)C(C)c1cocc(O)c1=O. The number of Topliss-reactive ketones (excluding diaryl/α,β-unsaturated/α-hetero) is 2. The fraction of sp³-hybridized carbons (Fsp3) is 0.571. The molecule has 2 aromatic heterocycles. The van der Waals surface area contributed by atoms with Crippen molar-refractivity contribution < 1.29 is 28.6 Å². The van der Waals surface area contributed by atoms with Crippen LogP contribution in [0, 0.1) is 10.8 Å². The van der Waals surface area contributed by atoms with Crippen LogP contribution in [-0.4, -0.2) is 21.8 Å². The molecule has 2 aromatic rings. The maximum Gasteiger partial charge on any atom is 0.229 e. The summed E-state index contributed by atoms with van der Waals surface area (Å²) in [5.74, 6) is -0.825. The summed E-state index contributed by atoms with van der Waals surface area (Å²) in [6.45, 7) is 11.7. The molecule has 2 heterocycles. The van der Waals surface area contributed by atoms with E-state index in [4.69, 9.17) is 8.83 Å². The fourth-order valence-electron chi connectivity index (χ4n) is 4.06. The average Bonchev–Trinajstić information content (AvgIpc) is 2.82. The van der Waals surface area contributed by atoms with E-state index in [9.17, 15) is 29.4 Å². The zero-order valence-electron chi connectivity index (χ0n) is 22.1. The minimum absolute atomic E-state index is 0.000723. The lowest BCUT2D eigenvalue weighted by Crippen LogP contribution is -2.25. The van der Waals surface area contributed by atoms with Crippen LogP contribution < -0.4 is 10.9 Å². The second-order valence-corrected chi connectivity index (χ2v) is 11.1. The molecule has 2 rings (SSSR count). The van der Waals surface area contributed by atoms with E-state index in [-0.39, 0.29) is 48.1 Å². The predicted octanol–water partition coefficient (Wildman–Crippen LogP) is 5.44. The van der Waals surface area contributed by atoms with Crippen LogP contribution in [0.1, 0.15) is 103 Å². The minimum Gasteiger partial charge on any atom is -0.502 e. The predicted molar refractivity (Wildman–Crippen MR) is 135 cm³/mol. The Balaban J connectivity index is 1.83. The molecule has 198 valence electrons. The molecule has 0 bridgehead atoms. The van der Waals surface area contributed by atoms with Crippen molar-refractivity contribution in [2.24, 2.45) is 10.8 Å². The Morgan fingerprint density at radius 1 is 0.806 bits per heavy atom. The lowest BCUT2D eigenvalue weighted by atomic mass is 9.73. The summed E-state index contributed by atoms with van der Waals surface area (Å²) in [6.07, 6.45) is 5.39. The minimum atomic E-state index is -0.503. The molecule has 0 aliphatic rings. The molecule has 0 fully saturated rings. The highest BCUT2D eigenvalue weighted by atomic mass is 16.4. The Morgan fingerprint density at radius 3 is 1.86 bits per heavy atom. The van der Waals surface area contributed by atoms with Crippen molar-refractivity contribution in [3.63, 3.8) is 0 Å². The molecule has 2 N–H and O–H groups in total. The van der Waals surface area contributed by atoms with E-state index >= 15 is 0 Å². The van der Waals surface area contributed by atoms with Gasteiger partial charge in [0.15, 0.2) is 11.5 Å². The molecule has 0 amide bonds. The van der Waals surface area contributed by atoms with Gasteiger partial charge >= 0.3 is 0 Å². The van der Waals surface area contributed by atoms with Crippen molar-refractivity contribution in [2.45, 2.75) is 91.9 Å². The van der Waals surface area contributed by atoms with E-state index in [1.807, 2.05) is 41.5 Å². The van der Waals surface area contributed by atoms with Crippen LogP contribution in [0.2, 0.25) is 0 Å². The van der Waals surface area contributed by atoms with Crippen molar-refractivity contribution in [3.8, 4) is 11.5 Å². The van der Waals surface area contributed by atoms with Gasteiger partial charge in [-0.25, -0.2) is 0 Å². The molecular formula is C28H38O8. The molecule has 2 unspecified atom stereocenters. The number of aromatic hydroxyl groups is 2. The summed E-state index contributed by atoms with van der Waals surface area (Å²) in [7, 11) is 0. The van der Waals surface area contributed by atoms with Crippen molar-refractivity contribution in [1.29, 1.82) is 0 Å². The monoisotopic (exact) mass is 502 g/mol. The molecule has 0 saturated heterocycles. The van der Waals surface area contributed by atoms with Gasteiger partial charge in [-0.2, -0.15) is 0 Å². The topological polar surface area (TPSA) is 135 Å². The highest BCUT2D eigenvalue weighted by Gasteiger charge is 2.31. The Hall–Kier alpha value is -3.16. The van der Waals surface area contributed by atoms with E-state index in [0.29, 0.717) is 30.6 Å². The Kier molecular flexibility index (Phi) is 9.46. The molecule has 0 radical (unpaired) electrons. The summed E-state index contributed by atoms with van der Waals surface area (Å²) >= 11 is 0. The lowest BCUT2D eigenvalue weighted by molar-refractivity contribution is -0.124. The molecule has 0 saturated carbocycles. The van der Waals surface area contributed by atoms with Crippen molar-refractivity contribution in [2.75, 3.05) is 0 Å². The Bertz CT molecular complexity index is 1180. The largest absolute Gasteiger partial charge is 0.502 e. The Morgan fingerprint density at radius 2 is 1.33 bits per heavy atom. The van der Waals surface area contributed by atoms with Gasteiger partial charge in [-0.3, -0.25) is 19.2 Å². The first kappa shape index (κ1) is 29.1. The highest BCUT2D eigenvalue weighted by molar-refractivity contribution is 5.86. The smallest absolute Gasteiger partial charge is 0.229 e. The van der Waals surface area contributed by atoms with Gasteiger partial charge < -0.3 is 19.0 Å². The number of carbonyl (C=O) groups excluding carboxylic acids is 2. The summed E-state index contributed by atoms with van der Waals surface area (Å²) in [5.41, 5.74) is -1.34. The van der Waals surface area contributed by atoms with Crippen molar-refractivity contribution >= 4 is 11.6 Å². The van der Waals surface area contributed by atoms with Crippen LogP contribution in [0.4, 0.5) is 0 Å². The normalized spacial score (nSPS) is 13.8. The van der Waals surface area contributed by atoms with E-state index in [1.165, 1.54) is 12.3 Å².